The van der Waals surface area contributed by atoms with Crippen LogP contribution in [-0.2, 0) is 17.9 Å². The summed E-state index contributed by atoms with van der Waals surface area (Å²) in [5.41, 5.74) is 1.87. The molecule has 0 aliphatic rings. The van der Waals surface area contributed by atoms with E-state index in [1.54, 1.807) is 33.9 Å². The predicted molar refractivity (Wildman–Crippen MR) is 87.9 cm³/mol. The van der Waals surface area contributed by atoms with Gasteiger partial charge in [-0.1, -0.05) is 12.1 Å². The van der Waals surface area contributed by atoms with Crippen molar-refractivity contribution in [2.75, 3.05) is 5.32 Å². The lowest BCUT2D eigenvalue weighted by atomic mass is 10.2. The molecule has 0 saturated heterocycles. The van der Waals surface area contributed by atoms with Gasteiger partial charge in [-0.05, 0) is 30.2 Å². The van der Waals surface area contributed by atoms with Gasteiger partial charge < -0.3 is 5.32 Å². The monoisotopic (exact) mass is 327 g/mol. The number of carbonyl (C=O) groups is 1. The van der Waals surface area contributed by atoms with Crippen LogP contribution in [0.5, 0.6) is 0 Å². The van der Waals surface area contributed by atoms with Gasteiger partial charge in [-0.25, -0.2) is 4.39 Å². The van der Waals surface area contributed by atoms with E-state index in [4.69, 9.17) is 0 Å². The van der Waals surface area contributed by atoms with E-state index in [2.05, 4.69) is 15.5 Å². The fourth-order valence-electron chi connectivity index (χ4n) is 2.35. The normalized spacial score (nSPS) is 10.8. The number of nitrogens with one attached hydrogen (secondary N) is 1. The molecular weight excluding hydrogens is 309 g/mol. The number of benzene rings is 1. The SMILES string of the molecule is Cc1cnn(CCC(=O)Nc2ccn(Cc3cccc(F)c3)n2)c1. The summed E-state index contributed by atoms with van der Waals surface area (Å²) in [5.74, 6) is 0.0780. The van der Waals surface area contributed by atoms with Crippen molar-refractivity contribution in [3.8, 4) is 0 Å². The quantitative estimate of drug-likeness (QED) is 0.757. The zero-order valence-corrected chi connectivity index (χ0v) is 13.3. The van der Waals surface area contributed by atoms with Crippen LogP contribution in [0.2, 0.25) is 0 Å². The van der Waals surface area contributed by atoms with Crippen molar-refractivity contribution in [3.05, 3.63) is 65.9 Å². The van der Waals surface area contributed by atoms with Crippen molar-refractivity contribution in [1.82, 2.24) is 19.6 Å². The highest BCUT2D eigenvalue weighted by atomic mass is 19.1. The Kier molecular flexibility index (Phi) is 4.69. The molecular formula is C17H18FN5O. The minimum atomic E-state index is -0.276. The number of halogens is 1. The Bertz CT molecular complexity index is 839. The van der Waals surface area contributed by atoms with E-state index >= 15 is 0 Å². The smallest absolute Gasteiger partial charge is 0.227 e. The van der Waals surface area contributed by atoms with Gasteiger partial charge in [0, 0.05) is 31.4 Å². The average Bonchev–Trinajstić information content (AvgIpc) is 3.14. The Morgan fingerprint density at radius 3 is 2.92 bits per heavy atom. The van der Waals surface area contributed by atoms with E-state index in [-0.39, 0.29) is 11.7 Å². The van der Waals surface area contributed by atoms with Gasteiger partial charge in [0.25, 0.3) is 0 Å². The number of hydrogen-bond acceptors (Lipinski definition) is 3. The molecule has 24 heavy (non-hydrogen) atoms. The molecule has 0 saturated carbocycles. The average molecular weight is 327 g/mol. The van der Waals surface area contributed by atoms with Crippen LogP contribution >= 0.6 is 0 Å². The maximum Gasteiger partial charge on any atom is 0.227 e. The van der Waals surface area contributed by atoms with Crippen molar-refractivity contribution in [3.63, 3.8) is 0 Å². The van der Waals surface area contributed by atoms with Crippen molar-refractivity contribution in [2.45, 2.75) is 26.4 Å². The van der Waals surface area contributed by atoms with Crippen LogP contribution in [0.15, 0.2) is 48.9 Å². The molecule has 0 unspecified atom stereocenters. The molecule has 7 heteroatoms. The summed E-state index contributed by atoms with van der Waals surface area (Å²) in [4.78, 5) is 12.0. The van der Waals surface area contributed by atoms with Crippen molar-refractivity contribution < 1.29 is 9.18 Å². The van der Waals surface area contributed by atoms with E-state index in [0.717, 1.165) is 11.1 Å². The Morgan fingerprint density at radius 1 is 1.29 bits per heavy atom. The van der Waals surface area contributed by atoms with Gasteiger partial charge in [0.15, 0.2) is 5.82 Å². The predicted octanol–water partition coefficient (Wildman–Crippen LogP) is 2.60. The summed E-state index contributed by atoms with van der Waals surface area (Å²) in [6.07, 6.45) is 5.71. The van der Waals surface area contributed by atoms with E-state index < -0.39 is 0 Å². The molecule has 124 valence electrons. The zero-order chi connectivity index (χ0) is 16.9. The molecule has 2 heterocycles. The van der Waals surface area contributed by atoms with Gasteiger partial charge in [-0.15, -0.1) is 0 Å². The largest absolute Gasteiger partial charge is 0.309 e. The Hall–Kier alpha value is -2.96. The van der Waals surface area contributed by atoms with Crippen LogP contribution in [-0.4, -0.2) is 25.5 Å². The Balaban J connectivity index is 1.52. The van der Waals surface area contributed by atoms with Crippen molar-refractivity contribution >= 4 is 11.7 Å². The molecule has 0 spiro atoms. The van der Waals surface area contributed by atoms with E-state index in [0.29, 0.717) is 25.3 Å². The number of anilines is 1. The number of nitrogens with zero attached hydrogens (tertiary/aromatic N) is 4. The molecule has 3 aromatic rings. The lowest BCUT2D eigenvalue weighted by Gasteiger charge is -2.04. The first-order valence-corrected chi connectivity index (χ1v) is 7.65. The second-order valence-corrected chi connectivity index (χ2v) is 5.61. The maximum atomic E-state index is 13.2. The third-order valence-electron chi connectivity index (χ3n) is 3.47. The fourth-order valence-corrected chi connectivity index (χ4v) is 2.35. The van der Waals surface area contributed by atoms with Crippen LogP contribution in [0.3, 0.4) is 0 Å². The standard InChI is InChI=1S/C17H18FN5O/c1-13-10-19-22(11-13)8-6-17(24)20-16-5-7-23(21-16)12-14-3-2-4-15(18)9-14/h2-5,7,9-11H,6,8,12H2,1H3,(H,20,21,24). The second-order valence-electron chi connectivity index (χ2n) is 5.61. The molecule has 0 aliphatic heterocycles. The summed E-state index contributed by atoms with van der Waals surface area (Å²) in [6.45, 7) is 2.92. The van der Waals surface area contributed by atoms with Gasteiger partial charge in [0.1, 0.15) is 5.82 Å². The lowest BCUT2D eigenvalue weighted by Crippen LogP contribution is -2.15. The molecule has 0 atom stereocenters. The minimum absolute atomic E-state index is 0.126. The van der Waals surface area contributed by atoms with Crippen LogP contribution in [0.25, 0.3) is 0 Å². The lowest BCUT2D eigenvalue weighted by molar-refractivity contribution is -0.116. The molecule has 0 aliphatic carbocycles. The third kappa shape index (κ3) is 4.28. The molecule has 0 fully saturated rings. The zero-order valence-electron chi connectivity index (χ0n) is 13.3. The van der Waals surface area contributed by atoms with Crippen molar-refractivity contribution in [1.29, 1.82) is 0 Å². The van der Waals surface area contributed by atoms with Crippen LogP contribution in [0.4, 0.5) is 10.2 Å². The van der Waals surface area contributed by atoms with Gasteiger partial charge in [-0.3, -0.25) is 14.2 Å². The topological polar surface area (TPSA) is 64.7 Å². The fraction of sp³-hybridized carbons (Fsp3) is 0.235. The molecule has 0 bridgehead atoms. The highest BCUT2D eigenvalue weighted by molar-refractivity contribution is 5.89. The van der Waals surface area contributed by atoms with Gasteiger partial charge in [-0.2, -0.15) is 10.2 Å². The van der Waals surface area contributed by atoms with Crippen LogP contribution < -0.4 is 5.32 Å². The molecule has 2 aromatic heterocycles. The minimum Gasteiger partial charge on any atom is -0.309 e. The van der Waals surface area contributed by atoms with E-state index in [1.807, 2.05) is 19.2 Å². The summed E-state index contributed by atoms with van der Waals surface area (Å²) >= 11 is 0. The summed E-state index contributed by atoms with van der Waals surface area (Å²) in [5, 5.41) is 11.2. The number of aromatic nitrogens is 4. The number of hydrogen-bond donors (Lipinski definition) is 1. The number of aryl methyl sites for hydroxylation is 2. The number of carbonyl (C=O) groups excluding carboxylic acids is 1. The Morgan fingerprint density at radius 2 is 2.17 bits per heavy atom. The highest BCUT2D eigenvalue weighted by Gasteiger charge is 2.06. The highest BCUT2D eigenvalue weighted by Crippen LogP contribution is 2.08. The summed E-state index contributed by atoms with van der Waals surface area (Å²) in [7, 11) is 0. The molecule has 1 amide bonds. The molecule has 1 N–H and O–H groups in total. The van der Waals surface area contributed by atoms with E-state index in [1.165, 1.54) is 12.1 Å². The summed E-state index contributed by atoms with van der Waals surface area (Å²) in [6, 6.07) is 8.07. The Labute approximate surface area is 138 Å². The first-order valence-electron chi connectivity index (χ1n) is 7.65. The second kappa shape index (κ2) is 7.08. The van der Waals surface area contributed by atoms with Gasteiger partial charge >= 0.3 is 0 Å². The number of rotatable bonds is 6. The van der Waals surface area contributed by atoms with Crippen molar-refractivity contribution in [2.24, 2.45) is 0 Å². The number of amides is 1. The first kappa shape index (κ1) is 15.9. The molecule has 6 nitrogen and oxygen atoms in total. The van der Waals surface area contributed by atoms with Crippen LogP contribution in [0, 0.1) is 12.7 Å². The first-order chi connectivity index (χ1) is 11.6. The molecule has 1 aromatic carbocycles. The third-order valence-corrected chi connectivity index (χ3v) is 3.47. The molecule has 3 rings (SSSR count). The van der Waals surface area contributed by atoms with Crippen LogP contribution in [0.1, 0.15) is 17.5 Å². The molecule has 0 radical (unpaired) electrons. The van der Waals surface area contributed by atoms with E-state index in [9.17, 15) is 9.18 Å². The van der Waals surface area contributed by atoms with Gasteiger partial charge in [0.05, 0.1) is 12.7 Å². The van der Waals surface area contributed by atoms with Gasteiger partial charge in [0.2, 0.25) is 5.91 Å². The maximum absolute atomic E-state index is 13.2. The summed E-state index contributed by atoms with van der Waals surface area (Å²) < 4.78 is 16.6.